The van der Waals surface area contributed by atoms with Crippen LogP contribution in [-0.4, -0.2) is 36.9 Å². The van der Waals surface area contributed by atoms with Gasteiger partial charge in [0, 0.05) is 4.88 Å². The number of tetrazole rings is 1. The smallest absolute Gasteiger partial charge is 0.236 e. The van der Waals surface area contributed by atoms with Crippen LogP contribution in [0, 0.1) is 5.82 Å². The minimum Gasteiger partial charge on any atom is -0.301 e. The van der Waals surface area contributed by atoms with Gasteiger partial charge in [-0.25, -0.2) is 9.37 Å². The number of thioether (sulfide) groups is 1. The Labute approximate surface area is 157 Å². The Bertz CT molecular complexity index is 900. The number of nitrogens with zero attached hydrogens (tertiary/aromatic N) is 5. The molecule has 0 radical (unpaired) electrons. The third-order valence-electron chi connectivity index (χ3n) is 3.94. The van der Waals surface area contributed by atoms with E-state index in [2.05, 4.69) is 25.8 Å². The molecule has 7 nitrogen and oxygen atoms in total. The van der Waals surface area contributed by atoms with E-state index in [4.69, 9.17) is 0 Å². The molecule has 0 aliphatic heterocycles. The van der Waals surface area contributed by atoms with E-state index in [9.17, 15) is 9.18 Å². The van der Waals surface area contributed by atoms with Crippen molar-refractivity contribution in [1.82, 2.24) is 25.2 Å². The normalized spacial score (nSPS) is 13.4. The molecule has 2 heterocycles. The highest BCUT2D eigenvalue weighted by molar-refractivity contribution is 7.99. The van der Waals surface area contributed by atoms with Gasteiger partial charge in [-0.05, 0) is 60.4 Å². The fourth-order valence-corrected chi connectivity index (χ4v) is 4.46. The molecule has 26 heavy (non-hydrogen) atoms. The summed E-state index contributed by atoms with van der Waals surface area (Å²) >= 11 is 2.77. The molecule has 1 N–H and O–H groups in total. The average molecular weight is 390 g/mol. The number of hydrogen-bond donors (Lipinski definition) is 1. The molecule has 0 saturated heterocycles. The monoisotopic (exact) mass is 390 g/mol. The van der Waals surface area contributed by atoms with Gasteiger partial charge in [0.2, 0.25) is 11.1 Å². The molecule has 1 amide bonds. The molecule has 0 unspecified atom stereocenters. The van der Waals surface area contributed by atoms with Crippen molar-refractivity contribution >= 4 is 34.1 Å². The fourth-order valence-electron chi connectivity index (χ4n) is 2.70. The number of fused-ring (bicyclic) bond motifs is 1. The highest BCUT2D eigenvalue weighted by Gasteiger charge is 2.17. The van der Waals surface area contributed by atoms with E-state index in [-0.39, 0.29) is 17.5 Å². The maximum atomic E-state index is 13.1. The van der Waals surface area contributed by atoms with Crippen molar-refractivity contribution in [3.8, 4) is 5.69 Å². The Kier molecular flexibility index (Phi) is 4.93. The van der Waals surface area contributed by atoms with Gasteiger partial charge in [-0.3, -0.25) is 4.79 Å². The number of nitrogens with one attached hydrogen (secondary N) is 1. The number of aromatic nitrogens is 5. The first-order valence-corrected chi connectivity index (χ1v) is 9.95. The van der Waals surface area contributed by atoms with Gasteiger partial charge in [-0.1, -0.05) is 11.8 Å². The van der Waals surface area contributed by atoms with E-state index >= 15 is 0 Å². The first-order chi connectivity index (χ1) is 12.7. The van der Waals surface area contributed by atoms with Crippen molar-refractivity contribution in [2.45, 2.75) is 30.8 Å². The number of rotatable bonds is 5. The maximum Gasteiger partial charge on any atom is 0.236 e. The molecule has 1 aromatic carbocycles. The second kappa shape index (κ2) is 7.50. The van der Waals surface area contributed by atoms with Crippen LogP contribution in [0.1, 0.15) is 23.4 Å². The van der Waals surface area contributed by atoms with Crippen LogP contribution in [-0.2, 0) is 17.6 Å². The zero-order chi connectivity index (χ0) is 17.9. The fraction of sp³-hybridized carbons (Fsp3) is 0.312. The number of amides is 1. The van der Waals surface area contributed by atoms with Gasteiger partial charge in [-0.15, -0.1) is 16.4 Å². The Hall–Kier alpha value is -2.33. The van der Waals surface area contributed by atoms with Crippen LogP contribution in [0.5, 0.6) is 0 Å². The van der Waals surface area contributed by atoms with Crippen LogP contribution in [0.2, 0.25) is 0 Å². The Morgan fingerprint density at radius 2 is 2.08 bits per heavy atom. The van der Waals surface area contributed by atoms with Crippen LogP contribution < -0.4 is 5.32 Å². The predicted octanol–water partition coefficient (Wildman–Crippen LogP) is 2.87. The maximum absolute atomic E-state index is 13.1. The number of hydrogen-bond acceptors (Lipinski definition) is 7. The largest absolute Gasteiger partial charge is 0.301 e. The van der Waals surface area contributed by atoms with Crippen molar-refractivity contribution < 1.29 is 9.18 Å². The summed E-state index contributed by atoms with van der Waals surface area (Å²) in [5.41, 5.74) is 1.75. The van der Waals surface area contributed by atoms with Gasteiger partial charge in [-0.2, -0.15) is 4.68 Å². The summed E-state index contributed by atoms with van der Waals surface area (Å²) < 4.78 is 14.5. The number of benzene rings is 1. The van der Waals surface area contributed by atoms with Crippen LogP contribution in [0.25, 0.3) is 5.69 Å². The average Bonchev–Trinajstić information content (AvgIpc) is 3.26. The summed E-state index contributed by atoms with van der Waals surface area (Å²) in [5.74, 6) is -0.331. The van der Waals surface area contributed by atoms with E-state index in [1.165, 1.54) is 39.9 Å². The molecule has 134 valence electrons. The predicted molar refractivity (Wildman–Crippen MR) is 97.2 cm³/mol. The molecular weight excluding hydrogens is 375 g/mol. The lowest BCUT2D eigenvalue weighted by Gasteiger charge is -2.06. The van der Waals surface area contributed by atoms with Crippen molar-refractivity contribution in [3.05, 3.63) is 40.7 Å². The van der Waals surface area contributed by atoms with E-state index < -0.39 is 0 Å². The summed E-state index contributed by atoms with van der Waals surface area (Å²) in [4.78, 5) is 18.0. The molecule has 3 aromatic rings. The van der Waals surface area contributed by atoms with Crippen LogP contribution in [0.4, 0.5) is 9.52 Å². The molecule has 0 fully saturated rings. The van der Waals surface area contributed by atoms with Crippen molar-refractivity contribution in [3.63, 3.8) is 0 Å². The number of halogens is 1. The summed E-state index contributed by atoms with van der Waals surface area (Å²) in [5, 5.41) is 15.4. The minimum atomic E-state index is -0.332. The summed E-state index contributed by atoms with van der Waals surface area (Å²) in [6.45, 7) is 0. The lowest BCUT2D eigenvalue weighted by molar-refractivity contribution is -0.113. The zero-order valence-corrected chi connectivity index (χ0v) is 15.3. The molecule has 1 aliphatic carbocycles. The summed E-state index contributed by atoms with van der Waals surface area (Å²) in [6, 6.07) is 5.83. The number of aryl methyl sites for hydroxylation is 2. The highest BCUT2D eigenvalue weighted by Crippen LogP contribution is 2.29. The molecule has 0 saturated carbocycles. The molecule has 1 aliphatic rings. The van der Waals surface area contributed by atoms with Crippen molar-refractivity contribution in [1.29, 1.82) is 0 Å². The Morgan fingerprint density at radius 1 is 1.27 bits per heavy atom. The van der Waals surface area contributed by atoms with E-state index in [0.717, 1.165) is 25.0 Å². The standard InChI is InChI=1S/C16H15FN6OS2/c17-10-5-7-11(8-6-10)23-16(20-21-22-23)25-9-14(24)19-15-18-12-3-1-2-4-13(12)26-15/h5-8H,1-4,9H2,(H,18,19,24). The second-order valence-electron chi connectivity index (χ2n) is 5.78. The molecule has 0 atom stereocenters. The quantitative estimate of drug-likeness (QED) is 0.674. The van der Waals surface area contributed by atoms with Gasteiger partial charge in [0.05, 0.1) is 17.1 Å². The Morgan fingerprint density at radius 3 is 2.88 bits per heavy atom. The van der Waals surface area contributed by atoms with Gasteiger partial charge in [0.25, 0.3) is 0 Å². The van der Waals surface area contributed by atoms with Gasteiger partial charge >= 0.3 is 0 Å². The zero-order valence-electron chi connectivity index (χ0n) is 13.7. The third kappa shape index (κ3) is 3.75. The van der Waals surface area contributed by atoms with Crippen molar-refractivity contribution in [2.24, 2.45) is 0 Å². The lowest BCUT2D eigenvalue weighted by atomic mass is 10.0. The van der Waals surface area contributed by atoms with Crippen LogP contribution in [0.15, 0.2) is 29.4 Å². The second-order valence-corrected chi connectivity index (χ2v) is 7.81. The van der Waals surface area contributed by atoms with Crippen molar-refractivity contribution in [2.75, 3.05) is 11.1 Å². The Balaban J connectivity index is 1.38. The topological polar surface area (TPSA) is 85.6 Å². The first kappa shape index (κ1) is 17.1. The summed E-state index contributed by atoms with van der Waals surface area (Å²) in [7, 11) is 0. The molecule has 4 rings (SSSR count). The van der Waals surface area contributed by atoms with Crippen LogP contribution in [0.3, 0.4) is 0 Å². The third-order valence-corrected chi connectivity index (χ3v) is 5.93. The minimum absolute atomic E-state index is 0.158. The van der Waals surface area contributed by atoms with Gasteiger partial charge < -0.3 is 5.32 Å². The lowest BCUT2D eigenvalue weighted by Crippen LogP contribution is -2.14. The number of thiazole rings is 1. The molecular formula is C16H15FN6OS2. The molecule has 0 bridgehead atoms. The van der Waals surface area contributed by atoms with Gasteiger partial charge in [0.1, 0.15) is 5.82 Å². The number of carbonyl (C=O) groups is 1. The molecule has 10 heteroatoms. The highest BCUT2D eigenvalue weighted by atomic mass is 32.2. The SMILES string of the molecule is O=C(CSc1nnnn1-c1ccc(F)cc1)Nc1nc2c(s1)CCCC2. The molecule has 0 spiro atoms. The number of anilines is 1. The first-order valence-electron chi connectivity index (χ1n) is 8.14. The van der Waals surface area contributed by atoms with Gasteiger partial charge in [0.15, 0.2) is 5.13 Å². The number of carbonyl (C=O) groups excluding carboxylic acids is 1. The van der Waals surface area contributed by atoms with E-state index in [1.807, 2.05) is 0 Å². The molecule has 2 aromatic heterocycles. The van der Waals surface area contributed by atoms with E-state index in [1.54, 1.807) is 23.5 Å². The summed E-state index contributed by atoms with van der Waals surface area (Å²) in [6.07, 6.45) is 4.38. The van der Waals surface area contributed by atoms with E-state index in [0.29, 0.717) is 16.0 Å². The van der Waals surface area contributed by atoms with Crippen LogP contribution >= 0.6 is 23.1 Å².